The van der Waals surface area contributed by atoms with Crippen LogP contribution in [-0.4, -0.2) is 13.4 Å². The number of para-hydroxylation sites is 1. The number of hydrogen-bond donors (Lipinski definition) is 2. The lowest BCUT2D eigenvalue weighted by atomic mass is 10.3. The smallest absolute Gasteiger partial charge is 0.240 e. The van der Waals surface area contributed by atoms with E-state index in [1.807, 2.05) is 0 Å². The van der Waals surface area contributed by atoms with Gasteiger partial charge < -0.3 is 5.32 Å². The Bertz CT molecular complexity index is 594. The summed E-state index contributed by atoms with van der Waals surface area (Å²) < 4.78 is 22.7. The molecule has 90 valence electrons. The lowest BCUT2D eigenvalue weighted by molar-refractivity contribution is 0.598. The van der Waals surface area contributed by atoms with E-state index in [-0.39, 0.29) is 4.90 Å². The summed E-state index contributed by atoms with van der Waals surface area (Å²) in [6.45, 7) is 0.525. The first-order valence-corrected chi connectivity index (χ1v) is 7.23. The maximum atomic E-state index is 11.3. The molecule has 0 saturated heterocycles. The van der Waals surface area contributed by atoms with Gasteiger partial charge in [0.2, 0.25) is 10.0 Å². The number of nitrogens with zero attached hydrogens (tertiary/aromatic N) is 1. The van der Waals surface area contributed by atoms with Crippen LogP contribution in [0.15, 0.2) is 40.9 Å². The lowest BCUT2D eigenvalue weighted by Gasteiger charge is -2.09. The molecule has 1 aromatic carbocycles. The molecule has 7 heteroatoms. The molecule has 0 aliphatic carbocycles. The van der Waals surface area contributed by atoms with Gasteiger partial charge in [0.05, 0.1) is 17.7 Å². The number of sulfonamides is 1. The number of nitrogens with one attached hydrogen (secondary N) is 1. The number of hydrogen-bond acceptors (Lipinski definition) is 5. The van der Waals surface area contributed by atoms with Crippen molar-refractivity contribution in [1.82, 2.24) is 4.98 Å². The van der Waals surface area contributed by atoms with Gasteiger partial charge in [0.25, 0.3) is 0 Å². The molecule has 1 heterocycles. The summed E-state index contributed by atoms with van der Waals surface area (Å²) in [5.41, 5.74) is 2.23. The van der Waals surface area contributed by atoms with E-state index in [1.165, 1.54) is 17.4 Å². The quantitative estimate of drug-likeness (QED) is 0.878. The van der Waals surface area contributed by atoms with Crippen molar-refractivity contribution in [1.29, 1.82) is 0 Å². The summed E-state index contributed by atoms with van der Waals surface area (Å²) in [7, 11) is -3.70. The zero-order valence-corrected chi connectivity index (χ0v) is 10.5. The number of anilines is 1. The highest BCUT2D eigenvalue weighted by molar-refractivity contribution is 7.89. The molecule has 17 heavy (non-hydrogen) atoms. The predicted octanol–water partition coefficient (Wildman–Crippen LogP) is 1.40. The van der Waals surface area contributed by atoms with Crippen molar-refractivity contribution >= 4 is 27.0 Å². The van der Waals surface area contributed by atoms with E-state index < -0.39 is 10.0 Å². The van der Waals surface area contributed by atoms with E-state index in [9.17, 15) is 8.42 Å². The molecule has 1 aromatic heterocycles. The number of primary sulfonamides is 1. The third-order valence-electron chi connectivity index (χ3n) is 2.13. The molecule has 0 radical (unpaired) electrons. The van der Waals surface area contributed by atoms with Crippen LogP contribution in [0.25, 0.3) is 0 Å². The van der Waals surface area contributed by atoms with Crippen LogP contribution in [0, 0.1) is 0 Å². The Morgan fingerprint density at radius 3 is 2.76 bits per heavy atom. The minimum absolute atomic E-state index is 0.101. The minimum atomic E-state index is -3.70. The molecule has 0 spiro atoms. The van der Waals surface area contributed by atoms with Crippen molar-refractivity contribution in [3.63, 3.8) is 0 Å². The van der Waals surface area contributed by atoms with Gasteiger partial charge in [-0.2, -0.15) is 0 Å². The Morgan fingerprint density at radius 2 is 2.12 bits per heavy atom. The molecule has 0 saturated carbocycles. The number of aromatic nitrogens is 1. The Kier molecular flexibility index (Phi) is 3.41. The number of thiazole rings is 1. The summed E-state index contributed by atoms with van der Waals surface area (Å²) in [5, 5.41) is 8.16. The molecule has 2 aromatic rings. The van der Waals surface area contributed by atoms with Crippen molar-refractivity contribution in [2.75, 3.05) is 5.32 Å². The monoisotopic (exact) mass is 269 g/mol. The maximum Gasteiger partial charge on any atom is 0.240 e. The second-order valence-corrected chi connectivity index (χ2v) is 5.86. The van der Waals surface area contributed by atoms with Crippen molar-refractivity contribution in [2.24, 2.45) is 5.14 Å². The van der Waals surface area contributed by atoms with Crippen molar-refractivity contribution in [3.8, 4) is 0 Å². The van der Waals surface area contributed by atoms with Gasteiger partial charge >= 0.3 is 0 Å². The van der Waals surface area contributed by atoms with E-state index >= 15 is 0 Å². The molecule has 5 nitrogen and oxygen atoms in total. The first-order valence-electron chi connectivity index (χ1n) is 4.80. The Labute approximate surface area is 103 Å². The van der Waals surface area contributed by atoms with E-state index in [0.717, 1.165) is 4.88 Å². The van der Waals surface area contributed by atoms with Gasteiger partial charge in [-0.15, -0.1) is 11.3 Å². The fourth-order valence-corrected chi connectivity index (χ4v) is 2.62. The van der Waals surface area contributed by atoms with E-state index in [2.05, 4.69) is 10.3 Å². The second kappa shape index (κ2) is 4.82. The van der Waals surface area contributed by atoms with E-state index in [1.54, 1.807) is 29.9 Å². The Morgan fingerprint density at radius 1 is 1.35 bits per heavy atom. The maximum absolute atomic E-state index is 11.3. The molecule has 0 fully saturated rings. The first kappa shape index (κ1) is 12.0. The Hall–Kier alpha value is -1.44. The highest BCUT2D eigenvalue weighted by Gasteiger charge is 2.12. The average Bonchev–Trinajstić information content (AvgIpc) is 2.78. The third-order valence-corrected chi connectivity index (χ3v) is 3.88. The van der Waals surface area contributed by atoms with Crippen molar-refractivity contribution in [3.05, 3.63) is 40.8 Å². The average molecular weight is 269 g/mol. The van der Waals surface area contributed by atoms with Gasteiger partial charge in [-0.05, 0) is 12.1 Å². The highest BCUT2D eigenvalue weighted by atomic mass is 32.2. The first-order chi connectivity index (χ1) is 8.07. The van der Waals surface area contributed by atoms with Gasteiger partial charge in [-0.3, -0.25) is 4.98 Å². The number of nitrogens with two attached hydrogens (primary N) is 1. The van der Waals surface area contributed by atoms with Crippen LogP contribution in [0.4, 0.5) is 5.69 Å². The zero-order valence-electron chi connectivity index (χ0n) is 8.83. The molecule has 0 atom stereocenters. The molecular weight excluding hydrogens is 258 g/mol. The van der Waals surface area contributed by atoms with Crippen LogP contribution in [0.3, 0.4) is 0 Å². The van der Waals surface area contributed by atoms with E-state index in [0.29, 0.717) is 12.2 Å². The summed E-state index contributed by atoms with van der Waals surface area (Å²) in [6.07, 6.45) is 1.73. The van der Waals surface area contributed by atoms with Gasteiger partial charge in [0, 0.05) is 11.1 Å². The van der Waals surface area contributed by atoms with Crippen molar-refractivity contribution in [2.45, 2.75) is 11.4 Å². The van der Waals surface area contributed by atoms with Crippen molar-refractivity contribution < 1.29 is 8.42 Å². The zero-order chi connectivity index (χ0) is 12.3. The van der Waals surface area contributed by atoms with Crippen LogP contribution in [0.1, 0.15) is 4.88 Å². The molecular formula is C10H11N3O2S2. The number of rotatable bonds is 4. The Balaban J connectivity index is 2.22. The fourth-order valence-electron chi connectivity index (χ4n) is 1.37. The molecule has 0 amide bonds. The molecule has 0 aliphatic rings. The summed E-state index contributed by atoms with van der Waals surface area (Å²) in [5.74, 6) is 0. The standard InChI is InChI=1S/C10H11N3O2S2/c11-17(14,15)10-4-2-1-3-9(10)13-6-8-5-12-7-16-8/h1-5,7,13H,6H2,(H2,11,14,15). The largest absolute Gasteiger partial charge is 0.379 e. The summed E-state index contributed by atoms with van der Waals surface area (Å²) in [4.78, 5) is 5.07. The fraction of sp³-hybridized carbons (Fsp3) is 0.100. The van der Waals surface area contributed by atoms with Crippen LogP contribution < -0.4 is 10.5 Å². The van der Waals surface area contributed by atoms with Gasteiger partial charge in [0.15, 0.2) is 0 Å². The lowest BCUT2D eigenvalue weighted by Crippen LogP contribution is -2.14. The third kappa shape index (κ3) is 3.02. The number of benzene rings is 1. The van der Waals surface area contributed by atoms with Gasteiger partial charge in [-0.1, -0.05) is 12.1 Å². The summed E-state index contributed by atoms with van der Waals surface area (Å²) in [6, 6.07) is 6.55. The topological polar surface area (TPSA) is 85.1 Å². The van der Waals surface area contributed by atoms with Crippen LogP contribution >= 0.6 is 11.3 Å². The van der Waals surface area contributed by atoms with E-state index in [4.69, 9.17) is 5.14 Å². The molecule has 0 unspecified atom stereocenters. The molecule has 0 aliphatic heterocycles. The van der Waals surface area contributed by atoms with Gasteiger partial charge in [0.1, 0.15) is 4.90 Å². The second-order valence-electron chi connectivity index (χ2n) is 3.36. The normalized spacial score (nSPS) is 11.4. The minimum Gasteiger partial charge on any atom is -0.379 e. The molecule has 3 N–H and O–H groups in total. The predicted molar refractivity (Wildman–Crippen MR) is 67.3 cm³/mol. The van der Waals surface area contributed by atoms with Gasteiger partial charge in [-0.25, -0.2) is 13.6 Å². The van der Waals surface area contributed by atoms with Crippen LogP contribution in [0.5, 0.6) is 0 Å². The molecule has 2 rings (SSSR count). The highest BCUT2D eigenvalue weighted by Crippen LogP contribution is 2.20. The molecule has 0 bridgehead atoms. The SMILES string of the molecule is NS(=O)(=O)c1ccccc1NCc1cncs1. The van der Waals surface area contributed by atoms with Crippen LogP contribution in [0.2, 0.25) is 0 Å². The van der Waals surface area contributed by atoms with Crippen LogP contribution in [-0.2, 0) is 16.6 Å². The summed E-state index contributed by atoms with van der Waals surface area (Å²) >= 11 is 1.50.